The second-order valence-corrected chi connectivity index (χ2v) is 5.25. The minimum absolute atomic E-state index is 0.0536. The largest absolute Gasteiger partial charge is 0.271 e. The van der Waals surface area contributed by atoms with Crippen LogP contribution in [0.3, 0.4) is 0 Å². The van der Waals surface area contributed by atoms with E-state index in [-0.39, 0.29) is 6.04 Å². The Kier molecular flexibility index (Phi) is 4.24. The predicted octanol–water partition coefficient (Wildman–Crippen LogP) is 2.44. The SMILES string of the molecule is Cc1ccc(CC(NN)c2c(Cl)cnn2C)cc1C. The molecule has 0 saturated heterocycles. The van der Waals surface area contributed by atoms with Gasteiger partial charge in [-0.05, 0) is 37.0 Å². The highest BCUT2D eigenvalue weighted by Gasteiger charge is 2.18. The number of rotatable bonds is 4. The molecule has 1 aromatic carbocycles. The molecule has 2 aromatic rings. The summed E-state index contributed by atoms with van der Waals surface area (Å²) in [6, 6.07) is 6.38. The summed E-state index contributed by atoms with van der Waals surface area (Å²) in [6.07, 6.45) is 2.42. The molecule has 4 nitrogen and oxygen atoms in total. The first-order chi connectivity index (χ1) is 9.02. The van der Waals surface area contributed by atoms with Gasteiger partial charge in [0.05, 0.1) is 23.0 Å². The lowest BCUT2D eigenvalue weighted by atomic mass is 9.99. The van der Waals surface area contributed by atoms with Crippen molar-refractivity contribution in [3.8, 4) is 0 Å². The molecule has 0 aliphatic rings. The van der Waals surface area contributed by atoms with Crippen LogP contribution < -0.4 is 11.3 Å². The molecule has 3 N–H and O–H groups in total. The lowest BCUT2D eigenvalue weighted by molar-refractivity contribution is 0.508. The van der Waals surface area contributed by atoms with Gasteiger partial charge in [-0.1, -0.05) is 29.8 Å². The molecule has 0 aliphatic heterocycles. The van der Waals surface area contributed by atoms with E-state index >= 15 is 0 Å². The molecular weight excluding hydrogens is 260 g/mol. The highest BCUT2D eigenvalue weighted by molar-refractivity contribution is 6.31. The zero-order valence-corrected chi connectivity index (χ0v) is 12.2. The van der Waals surface area contributed by atoms with Gasteiger partial charge in [-0.2, -0.15) is 5.10 Å². The molecule has 1 aromatic heterocycles. The van der Waals surface area contributed by atoms with Crippen LogP contribution in [0.5, 0.6) is 0 Å². The molecule has 0 spiro atoms. The molecular formula is C14H19ClN4. The van der Waals surface area contributed by atoms with Crippen LogP contribution in [0.1, 0.15) is 28.4 Å². The fourth-order valence-corrected chi connectivity index (χ4v) is 2.51. The van der Waals surface area contributed by atoms with E-state index in [0.29, 0.717) is 5.02 Å². The zero-order chi connectivity index (χ0) is 14.0. The standard InChI is InChI=1S/C14H19ClN4/c1-9-4-5-11(6-10(9)2)7-13(18-16)14-12(15)8-17-19(14)3/h4-6,8,13,18H,7,16H2,1-3H3. The third kappa shape index (κ3) is 2.97. The summed E-state index contributed by atoms with van der Waals surface area (Å²) in [5, 5.41) is 4.78. The number of aromatic nitrogens is 2. The van der Waals surface area contributed by atoms with Crippen LogP contribution in [0.15, 0.2) is 24.4 Å². The Morgan fingerprint density at radius 1 is 1.37 bits per heavy atom. The number of nitrogens with one attached hydrogen (secondary N) is 1. The minimum Gasteiger partial charge on any atom is -0.271 e. The molecule has 2 rings (SSSR count). The van der Waals surface area contributed by atoms with Crippen molar-refractivity contribution in [1.82, 2.24) is 15.2 Å². The van der Waals surface area contributed by atoms with Crippen LogP contribution in [-0.4, -0.2) is 9.78 Å². The summed E-state index contributed by atoms with van der Waals surface area (Å²) < 4.78 is 1.76. The van der Waals surface area contributed by atoms with E-state index in [1.54, 1.807) is 10.9 Å². The Morgan fingerprint density at radius 2 is 2.11 bits per heavy atom. The molecule has 0 fully saturated rings. The molecule has 0 saturated carbocycles. The van der Waals surface area contributed by atoms with E-state index in [2.05, 4.69) is 42.6 Å². The fraction of sp³-hybridized carbons (Fsp3) is 0.357. The van der Waals surface area contributed by atoms with Crippen LogP contribution in [0, 0.1) is 13.8 Å². The second-order valence-electron chi connectivity index (χ2n) is 4.84. The Balaban J connectivity index is 2.26. The number of hydrogen-bond donors (Lipinski definition) is 2. The summed E-state index contributed by atoms with van der Waals surface area (Å²) in [6.45, 7) is 4.22. The number of halogens is 1. The van der Waals surface area contributed by atoms with Gasteiger partial charge in [-0.15, -0.1) is 0 Å². The molecule has 0 radical (unpaired) electrons. The summed E-state index contributed by atoms with van der Waals surface area (Å²) in [7, 11) is 1.87. The Hall–Kier alpha value is -1.36. The highest BCUT2D eigenvalue weighted by atomic mass is 35.5. The van der Waals surface area contributed by atoms with Crippen molar-refractivity contribution in [2.45, 2.75) is 26.3 Å². The number of hydrogen-bond acceptors (Lipinski definition) is 3. The van der Waals surface area contributed by atoms with Crippen LogP contribution in [0.4, 0.5) is 0 Å². The summed E-state index contributed by atoms with van der Waals surface area (Å²) in [5.41, 5.74) is 7.53. The second kappa shape index (κ2) is 5.74. The van der Waals surface area contributed by atoms with Gasteiger partial charge in [0.1, 0.15) is 0 Å². The monoisotopic (exact) mass is 278 g/mol. The Morgan fingerprint density at radius 3 is 2.63 bits per heavy atom. The van der Waals surface area contributed by atoms with Gasteiger partial charge in [-0.25, -0.2) is 0 Å². The lowest BCUT2D eigenvalue weighted by Crippen LogP contribution is -2.31. The Bertz CT molecular complexity index is 557. The van der Waals surface area contributed by atoms with Crippen molar-refractivity contribution in [2.24, 2.45) is 12.9 Å². The molecule has 1 atom stereocenters. The van der Waals surface area contributed by atoms with Crippen molar-refractivity contribution in [2.75, 3.05) is 0 Å². The maximum atomic E-state index is 6.16. The summed E-state index contributed by atoms with van der Waals surface area (Å²) in [5.74, 6) is 5.67. The molecule has 19 heavy (non-hydrogen) atoms. The van der Waals surface area contributed by atoms with Crippen molar-refractivity contribution in [3.63, 3.8) is 0 Å². The van der Waals surface area contributed by atoms with Crippen molar-refractivity contribution in [3.05, 3.63) is 51.8 Å². The van der Waals surface area contributed by atoms with Gasteiger partial charge in [0.2, 0.25) is 0 Å². The number of benzene rings is 1. The van der Waals surface area contributed by atoms with E-state index < -0.39 is 0 Å². The molecule has 1 heterocycles. The van der Waals surface area contributed by atoms with Gasteiger partial charge < -0.3 is 0 Å². The number of nitrogens with two attached hydrogens (primary N) is 1. The van der Waals surface area contributed by atoms with E-state index in [4.69, 9.17) is 17.4 Å². The smallest absolute Gasteiger partial charge is 0.0834 e. The molecule has 102 valence electrons. The zero-order valence-electron chi connectivity index (χ0n) is 11.4. The molecule has 0 bridgehead atoms. The van der Waals surface area contributed by atoms with Crippen LogP contribution in [0.2, 0.25) is 5.02 Å². The summed E-state index contributed by atoms with van der Waals surface area (Å²) in [4.78, 5) is 0. The highest BCUT2D eigenvalue weighted by Crippen LogP contribution is 2.25. The third-order valence-electron chi connectivity index (χ3n) is 3.48. The van der Waals surface area contributed by atoms with Crippen LogP contribution in [0.25, 0.3) is 0 Å². The molecule has 5 heteroatoms. The van der Waals surface area contributed by atoms with E-state index in [0.717, 1.165) is 12.1 Å². The first-order valence-corrected chi connectivity index (χ1v) is 6.60. The fourth-order valence-electron chi connectivity index (χ4n) is 2.21. The predicted molar refractivity (Wildman–Crippen MR) is 77.9 cm³/mol. The number of nitrogens with zero attached hydrogens (tertiary/aromatic N) is 2. The van der Waals surface area contributed by atoms with Crippen molar-refractivity contribution < 1.29 is 0 Å². The average molecular weight is 279 g/mol. The van der Waals surface area contributed by atoms with Gasteiger partial charge in [0, 0.05) is 7.05 Å². The Labute approximate surface area is 118 Å². The lowest BCUT2D eigenvalue weighted by Gasteiger charge is -2.17. The van der Waals surface area contributed by atoms with Gasteiger partial charge in [-0.3, -0.25) is 16.0 Å². The first kappa shape index (κ1) is 14.1. The van der Waals surface area contributed by atoms with E-state index in [1.807, 2.05) is 7.05 Å². The van der Waals surface area contributed by atoms with Gasteiger partial charge in [0.15, 0.2) is 0 Å². The van der Waals surface area contributed by atoms with Crippen LogP contribution >= 0.6 is 11.6 Å². The maximum Gasteiger partial charge on any atom is 0.0834 e. The molecule has 1 unspecified atom stereocenters. The number of hydrazine groups is 1. The quantitative estimate of drug-likeness (QED) is 0.667. The van der Waals surface area contributed by atoms with Crippen molar-refractivity contribution >= 4 is 11.6 Å². The topological polar surface area (TPSA) is 55.9 Å². The first-order valence-electron chi connectivity index (χ1n) is 6.22. The van der Waals surface area contributed by atoms with Crippen LogP contribution in [-0.2, 0) is 13.5 Å². The maximum absolute atomic E-state index is 6.16. The molecule has 0 aliphatic carbocycles. The van der Waals surface area contributed by atoms with Gasteiger partial charge >= 0.3 is 0 Å². The van der Waals surface area contributed by atoms with E-state index in [9.17, 15) is 0 Å². The normalized spacial score (nSPS) is 12.7. The summed E-state index contributed by atoms with van der Waals surface area (Å²) >= 11 is 6.16. The van der Waals surface area contributed by atoms with Gasteiger partial charge in [0.25, 0.3) is 0 Å². The van der Waals surface area contributed by atoms with E-state index in [1.165, 1.54) is 16.7 Å². The minimum atomic E-state index is -0.0536. The molecule has 0 amide bonds. The third-order valence-corrected chi connectivity index (χ3v) is 3.77. The number of aryl methyl sites for hydroxylation is 3. The average Bonchev–Trinajstić information content (AvgIpc) is 2.71. The van der Waals surface area contributed by atoms with Crippen molar-refractivity contribution in [1.29, 1.82) is 0 Å².